The van der Waals surface area contributed by atoms with Crippen LogP contribution >= 0.6 is 0 Å². The van der Waals surface area contributed by atoms with Crippen LogP contribution in [0.25, 0.3) is 11.0 Å². The second-order valence-electron chi connectivity index (χ2n) is 5.34. The Morgan fingerprint density at radius 2 is 2.00 bits per heavy atom. The van der Waals surface area contributed by atoms with E-state index in [1.165, 1.54) is 25.3 Å². The van der Waals surface area contributed by atoms with E-state index in [4.69, 9.17) is 13.9 Å². The molecule has 1 aromatic heterocycles. The number of nitro benzene ring substituents is 1. The highest BCUT2D eigenvalue weighted by Crippen LogP contribution is 2.26. The smallest absolute Gasteiger partial charge is 0.336 e. The van der Waals surface area contributed by atoms with Crippen LogP contribution in [0.1, 0.15) is 15.9 Å². The molecular formula is C18H13NO7. The highest BCUT2D eigenvalue weighted by atomic mass is 16.6. The molecular weight excluding hydrogens is 342 g/mol. The Labute approximate surface area is 146 Å². The molecule has 132 valence electrons. The van der Waals surface area contributed by atoms with Crippen LogP contribution in [0.5, 0.6) is 11.5 Å². The molecule has 1 heterocycles. The first-order valence-electron chi connectivity index (χ1n) is 7.49. The molecule has 0 unspecified atom stereocenters. The lowest BCUT2D eigenvalue weighted by molar-refractivity contribution is -0.384. The van der Waals surface area contributed by atoms with Gasteiger partial charge in [-0.05, 0) is 18.2 Å². The first kappa shape index (κ1) is 17.2. The lowest BCUT2D eigenvalue weighted by Crippen LogP contribution is -2.05. The van der Waals surface area contributed by atoms with Crippen LogP contribution in [-0.4, -0.2) is 18.3 Å². The molecule has 0 saturated carbocycles. The van der Waals surface area contributed by atoms with Crippen LogP contribution in [-0.2, 0) is 6.61 Å². The van der Waals surface area contributed by atoms with Gasteiger partial charge in [0, 0.05) is 35.2 Å². The molecule has 0 spiro atoms. The summed E-state index contributed by atoms with van der Waals surface area (Å²) in [5, 5.41) is 11.4. The van der Waals surface area contributed by atoms with E-state index in [-0.39, 0.29) is 23.6 Å². The van der Waals surface area contributed by atoms with Crippen molar-refractivity contribution in [2.75, 3.05) is 7.11 Å². The van der Waals surface area contributed by atoms with Crippen LogP contribution in [0.3, 0.4) is 0 Å². The number of nitro groups is 1. The van der Waals surface area contributed by atoms with E-state index < -0.39 is 10.5 Å². The number of hydrogen-bond donors (Lipinski definition) is 0. The van der Waals surface area contributed by atoms with Gasteiger partial charge in [-0.2, -0.15) is 0 Å². The van der Waals surface area contributed by atoms with Gasteiger partial charge in [0.25, 0.3) is 5.69 Å². The maximum atomic E-state index is 11.8. The van der Waals surface area contributed by atoms with Crippen molar-refractivity contribution in [3.8, 4) is 11.5 Å². The number of aldehydes is 1. The van der Waals surface area contributed by atoms with Crippen molar-refractivity contribution >= 4 is 22.9 Å². The Balaban J connectivity index is 1.94. The molecule has 0 aliphatic carbocycles. The normalized spacial score (nSPS) is 10.5. The van der Waals surface area contributed by atoms with Gasteiger partial charge in [0.1, 0.15) is 23.7 Å². The van der Waals surface area contributed by atoms with Crippen molar-refractivity contribution in [1.82, 2.24) is 0 Å². The molecule has 0 bridgehead atoms. The van der Waals surface area contributed by atoms with Gasteiger partial charge in [0.2, 0.25) is 0 Å². The van der Waals surface area contributed by atoms with Gasteiger partial charge in [-0.1, -0.05) is 0 Å². The molecule has 3 aromatic rings. The number of nitrogens with zero attached hydrogens (tertiary/aromatic N) is 1. The summed E-state index contributed by atoms with van der Waals surface area (Å²) in [7, 11) is 1.50. The topological polar surface area (TPSA) is 109 Å². The van der Waals surface area contributed by atoms with Crippen molar-refractivity contribution in [2.45, 2.75) is 6.61 Å². The zero-order chi connectivity index (χ0) is 18.7. The summed E-state index contributed by atoms with van der Waals surface area (Å²) in [6.07, 6.45) is 0.477. The number of carbonyl (C=O) groups excluding carboxylic acids is 1. The second-order valence-corrected chi connectivity index (χ2v) is 5.34. The third-order valence-corrected chi connectivity index (χ3v) is 3.75. The molecule has 0 saturated heterocycles. The molecule has 0 radical (unpaired) electrons. The minimum absolute atomic E-state index is 0.0208. The number of rotatable bonds is 6. The first-order chi connectivity index (χ1) is 12.5. The van der Waals surface area contributed by atoms with Gasteiger partial charge in [-0.3, -0.25) is 14.9 Å². The van der Waals surface area contributed by atoms with E-state index in [9.17, 15) is 19.7 Å². The van der Waals surface area contributed by atoms with Crippen molar-refractivity contribution in [3.05, 3.63) is 74.1 Å². The third-order valence-electron chi connectivity index (χ3n) is 3.75. The minimum Gasteiger partial charge on any atom is -0.497 e. The molecule has 0 fully saturated rings. The van der Waals surface area contributed by atoms with E-state index in [0.29, 0.717) is 28.6 Å². The van der Waals surface area contributed by atoms with Gasteiger partial charge in [-0.15, -0.1) is 0 Å². The number of hydrogen-bond acceptors (Lipinski definition) is 7. The van der Waals surface area contributed by atoms with Crippen LogP contribution < -0.4 is 15.1 Å². The fourth-order valence-electron chi connectivity index (χ4n) is 2.49. The molecule has 0 N–H and O–H groups in total. The van der Waals surface area contributed by atoms with E-state index in [0.717, 1.165) is 6.07 Å². The number of carbonyl (C=O) groups is 1. The van der Waals surface area contributed by atoms with Crippen LogP contribution in [0, 0.1) is 10.1 Å². The lowest BCUT2D eigenvalue weighted by Gasteiger charge is -2.10. The van der Waals surface area contributed by atoms with E-state index in [1.54, 1.807) is 18.2 Å². The Kier molecular flexibility index (Phi) is 4.66. The maximum Gasteiger partial charge on any atom is 0.336 e. The van der Waals surface area contributed by atoms with Gasteiger partial charge in [-0.25, -0.2) is 4.79 Å². The summed E-state index contributed by atoms with van der Waals surface area (Å²) in [4.78, 5) is 33.1. The largest absolute Gasteiger partial charge is 0.497 e. The number of ether oxygens (including phenoxy) is 2. The van der Waals surface area contributed by atoms with Crippen molar-refractivity contribution in [3.63, 3.8) is 0 Å². The molecule has 26 heavy (non-hydrogen) atoms. The summed E-state index contributed by atoms with van der Waals surface area (Å²) in [5.41, 5.74) is 0.179. The quantitative estimate of drug-likeness (QED) is 0.289. The zero-order valence-electron chi connectivity index (χ0n) is 13.6. The number of methoxy groups -OCH3 is 1. The first-order valence-corrected chi connectivity index (χ1v) is 7.49. The van der Waals surface area contributed by atoms with Crippen molar-refractivity contribution < 1.29 is 23.6 Å². The highest BCUT2D eigenvalue weighted by Gasteiger charge is 2.13. The van der Waals surface area contributed by atoms with Crippen LogP contribution in [0.4, 0.5) is 5.69 Å². The minimum atomic E-state index is -0.597. The fourth-order valence-corrected chi connectivity index (χ4v) is 2.49. The summed E-state index contributed by atoms with van der Waals surface area (Å²) >= 11 is 0. The molecule has 2 aromatic carbocycles. The molecule has 0 aliphatic rings. The summed E-state index contributed by atoms with van der Waals surface area (Å²) in [5.74, 6) is 0.720. The molecule has 8 nitrogen and oxygen atoms in total. The van der Waals surface area contributed by atoms with Gasteiger partial charge in [0.05, 0.1) is 17.6 Å². The van der Waals surface area contributed by atoms with Gasteiger partial charge < -0.3 is 13.9 Å². The number of fused-ring (bicyclic) bond motifs is 1. The Hall–Kier alpha value is -3.68. The molecule has 8 heteroatoms. The second kappa shape index (κ2) is 7.06. The number of benzene rings is 2. The van der Waals surface area contributed by atoms with E-state index in [1.807, 2.05) is 0 Å². The summed E-state index contributed by atoms with van der Waals surface area (Å²) in [6, 6.07) is 10.0. The van der Waals surface area contributed by atoms with Crippen LogP contribution in [0.15, 0.2) is 51.7 Å². The third kappa shape index (κ3) is 3.39. The van der Waals surface area contributed by atoms with E-state index >= 15 is 0 Å². The number of non-ortho nitro benzene ring substituents is 1. The zero-order valence-corrected chi connectivity index (χ0v) is 13.6. The molecule has 3 rings (SSSR count). The predicted octanol–water partition coefficient (Wildman–Crippen LogP) is 3.10. The van der Waals surface area contributed by atoms with E-state index in [2.05, 4.69) is 0 Å². The Morgan fingerprint density at radius 1 is 1.19 bits per heavy atom. The van der Waals surface area contributed by atoms with Crippen molar-refractivity contribution in [2.24, 2.45) is 0 Å². The SMILES string of the molecule is COc1ccc2c(COc3ccc([N+](=O)[O-])cc3C=O)cc(=O)oc2c1. The van der Waals surface area contributed by atoms with Gasteiger partial charge in [0.15, 0.2) is 6.29 Å². The Bertz CT molecular complexity index is 1060. The Morgan fingerprint density at radius 3 is 2.69 bits per heavy atom. The maximum absolute atomic E-state index is 11.8. The molecule has 0 aliphatic heterocycles. The van der Waals surface area contributed by atoms with Gasteiger partial charge >= 0.3 is 5.63 Å². The monoisotopic (exact) mass is 355 g/mol. The average Bonchev–Trinajstić information content (AvgIpc) is 2.65. The average molecular weight is 355 g/mol. The predicted molar refractivity (Wildman–Crippen MR) is 91.9 cm³/mol. The summed E-state index contributed by atoms with van der Waals surface area (Å²) < 4.78 is 15.9. The summed E-state index contributed by atoms with van der Waals surface area (Å²) in [6.45, 7) is -0.0208. The van der Waals surface area contributed by atoms with Crippen molar-refractivity contribution in [1.29, 1.82) is 0 Å². The molecule has 0 amide bonds. The molecule has 0 atom stereocenters. The van der Waals surface area contributed by atoms with Crippen LogP contribution in [0.2, 0.25) is 0 Å². The highest BCUT2D eigenvalue weighted by molar-refractivity contribution is 5.82. The fraction of sp³-hybridized carbons (Fsp3) is 0.111. The standard InChI is InChI=1S/C18H13NO7/c1-24-14-3-4-15-12(7-18(21)26-17(15)8-14)10-25-16-5-2-13(19(22)23)6-11(16)9-20/h2-9H,10H2,1H3. The lowest BCUT2D eigenvalue weighted by atomic mass is 10.1.